The zero-order valence-corrected chi connectivity index (χ0v) is 13.4. The van der Waals surface area contributed by atoms with Crippen LogP contribution in [-0.2, 0) is 6.54 Å². The number of imidazole rings is 1. The molecular formula is C17H14F2N2Se. The molecule has 0 bridgehead atoms. The molecule has 2 aromatic carbocycles. The van der Waals surface area contributed by atoms with Crippen molar-refractivity contribution < 1.29 is 8.78 Å². The predicted molar refractivity (Wildman–Crippen MR) is 83.2 cm³/mol. The summed E-state index contributed by atoms with van der Waals surface area (Å²) in [5.74, 6) is -1.03. The van der Waals surface area contributed by atoms with E-state index >= 15 is 0 Å². The first-order valence-electron chi connectivity index (χ1n) is 6.85. The Kier molecular flexibility index (Phi) is 4.66. The maximum absolute atomic E-state index is 14.2. The Morgan fingerprint density at radius 3 is 2.59 bits per heavy atom. The molecule has 5 heteroatoms. The first-order valence-corrected chi connectivity index (χ1v) is 8.69. The molecule has 0 fully saturated rings. The van der Waals surface area contributed by atoms with Crippen LogP contribution in [0.15, 0.2) is 67.3 Å². The normalized spacial score (nSPS) is 12.3. The van der Waals surface area contributed by atoms with Gasteiger partial charge in [0.15, 0.2) is 0 Å². The van der Waals surface area contributed by atoms with Crippen molar-refractivity contribution in [1.82, 2.24) is 9.55 Å². The van der Waals surface area contributed by atoms with Gasteiger partial charge in [-0.1, -0.05) is 0 Å². The molecule has 0 N–H and O–H groups in total. The molecule has 1 aromatic heterocycles. The first-order chi connectivity index (χ1) is 10.7. The van der Waals surface area contributed by atoms with Gasteiger partial charge in [-0.15, -0.1) is 0 Å². The summed E-state index contributed by atoms with van der Waals surface area (Å²) in [4.78, 5) is 4.01. The average Bonchev–Trinajstić information content (AvgIpc) is 3.01. The first kappa shape index (κ1) is 14.9. The number of aromatic nitrogens is 2. The third kappa shape index (κ3) is 3.62. The minimum atomic E-state index is -0.546. The number of nitrogens with zero attached hydrogens (tertiary/aromatic N) is 2. The molecule has 3 aromatic rings. The van der Waals surface area contributed by atoms with Gasteiger partial charge < -0.3 is 0 Å². The van der Waals surface area contributed by atoms with Crippen molar-refractivity contribution in [1.29, 1.82) is 0 Å². The summed E-state index contributed by atoms with van der Waals surface area (Å²) in [6.07, 6.45) is 5.28. The van der Waals surface area contributed by atoms with Crippen LogP contribution in [0.1, 0.15) is 10.4 Å². The number of rotatable bonds is 5. The third-order valence-electron chi connectivity index (χ3n) is 3.27. The fourth-order valence-corrected chi connectivity index (χ4v) is 4.74. The van der Waals surface area contributed by atoms with Gasteiger partial charge in [0.05, 0.1) is 0 Å². The van der Waals surface area contributed by atoms with E-state index in [0.29, 0.717) is 12.1 Å². The van der Waals surface area contributed by atoms with Gasteiger partial charge in [-0.25, -0.2) is 0 Å². The zero-order valence-electron chi connectivity index (χ0n) is 11.7. The van der Waals surface area contributed by atoms with E-state index in [0.717, 1.165) is 6.07 Å². The maximum atomic E-state index is 14.2. The molecule has 2 nitrogen and oxygen atoms in total. The van der Waals surface area contributed by atoms with E-state index in [1.54, 1.807) is 18.6 Å². The summed E-state index contributed by atoms with van der Waals surface area (Å²) in [6, 6.07) is 13.8. The second-order valence-corrected chi connectivity index (χ2v) is 7.52. The number of hydrogen-bond donors (Lipinski definition) is 0. The van der Waals surface area contributed by atoms with Crippen molar-refractivity contribution in [3.8, 4) is 0 Å². The van der Waals surface area contributed by atoms with Gasteiger partial charge >= 0.3 is 134 Å². The Morgan fingerprint density at radius 2 is 1.91 bits per heavy atom. The van der Waals surface area contributed by atoms with Crippen LogP contribution in [0.5, 0.6) is 0 Å². The van der Waals surface area contributed by atoms with Crippen LogP contribution in [0.4, 0.5) is 8.78 Å². The van der Waals surface area contributed by atoms with Gasteiger partial charge in [-0.2, -0.15) is 0 Å². The van der Waals surface area contributed by atoms with Crippen LogP contribution in [0, 0.1) is 11.6 Å². The molecular weight excluding hydrogens is 349 g/mol. The molecule has 112 valence electrons. The van der Waals surface area contributed by atoms with Crippen molar-refractivity contribution in [3.63, 3.8) is 0 Å². The minimum absolute atomic E-state index is 0.0234. The van der Waals surface area contributed by atoms with Crippen LogP contribution in [0.3, 0.4) is 0 Å². The molecule has 0 radical (unpaired) electrons. The van der Waals surface area contributed by atoms with Crippen molar-refractivity contribution in [2.75, 3.05) is 0 Å². The summed E-state index contributed by atoms with van der Waals surface area (Å²) in [5, 5.41) is 0. The molecule has 0 aliphatic heterocycles. The zero-order chi connectivity index (χ0) is 15.4. The second kappa shape index (κ2) is 6.86. The van der Waals surface area contributed by atoms with E-state index in [-0.39, 0.29) is 19.8 Å². The third-order valence-corrected chi connectivity index (χ3v) is 5.85. The van der Waals surface area contributed by atoms with E-state index < -0.39 is 11.6 Å². The fraction of sp³-hybridized carbons (Fsp3) is 0.118. The van der Waals surface area contributed by atoms with Gasteiger partial charge in [-0.05, 0) is 0 Å². The summed E-state index contributed by atoms with van der Waals surface area (Å²) in [7, 11) is 0. The Bertz CT molecular complexity index is 730. The standard InChI is InChI=1S/C17H14F2N2Se/c18-13-6-7-15(16(19)10-13)17(11-21-9-8-20-12-21)22-14-4-2-1-3-5-14/h1-10,12,17H,11H2. The van der Waals surface area contributed by atoms with Crippen LogP contribution in [0.2, 0.25) is 0 Å². The summed E-state index contributed by atoms with van der Waals surface area (Å²) in [5.41, 5.74) is 0.555. The van der Waals surface area contributed by atoms with E-state index in [2.05, 4.69) is 4.98 Å². The summed E-state index contributed by atoms with van der Waals surface area (Å²) >= 11 is 0.0319. The Labute approximate surface area is 134 Å². The molecule has 1 heterocycles. The van der Waals surface area contributed by atoms with Gasteiger partial charge in [0.1, 0.15) is 0 Å². The van der Waals surface area contributed by atoms with Gasteiger partial charge in [0.25, 0.3) is 0 Å². The van der Waals surface area contributed by atoms with Crippen LogP contribution >= 0.6 is 0 Å². The molecule has 1 unspecified atom stereocenters. The van der Waals surface area contributed by atoms with Crippen LogP contribution in [-0.4, -0.2) is 24.5 Å². The van der Waals surface area contributed by atoms with Crippen molar-refractivity contribution >= 4 is 19.4 Å². The van der Waals surface area contributed by atoms with E-state index in [1.807, 2.05) is 41.1 Å². The molecule has 3 rings (SSSR count). The van der Waals surface area contributed by atoms with Crippen molar-refractivity contribution in [2.24, 2.45) is 0 Å². The second-order valence-electron chi connectivity index (χ2n) is 4.84. The van der Waals surface area contributed by atoms with Crippen molar-refractivity contribution in [3.05, 3.63) is 84.4 Å². The predicted octanol–water partition coefficient (Wildman–Crippen LogP) is 2.93. The number of halogens is 2. The Balaban J connectivity index is 1.91. The quantitative estimate of drug-likeness (QED) is 0.638. The van der Waals surface area contributed by atoms with Gasteiger partial charge in [0, 0.05) is 0 Å². The molecule has 0 saturated heterocycles. The fourth-order valence-electron chi connectivity index (χ4n) is 2.21. The van der Waals surface area contributed by atoms with Gasteiger partial charge in [-0.3, -0.25) is 0 Å². The molecule has 0 aliphatic rings. The van der Waals surface area contributed by atoms with Crippen LogP contribution < -0.4 is 4.46 Å². The summed E-state index contributed by atoms with van der Waals surface area (Å²) in [6.45, 7) is 0.622. The van der Waals surface area contributed by atoms with E-state index in [4.69, 9.17) is 0 Å². The summed E-state index contributed by atoms with van der Waals surface area (Å²) < 4.78 is 30.5. The van der Waals surface area contributed by atoms with Gasteiger partial charge in [0.2, 0.25) is 0 Å². The van der Waals surface area contributed by atoms with Crippen molar-refractivity contribution in [2.45, 2.75) is 11.4 Å². The van der Waals surface area contributed by atoms with E-state index in [1.165, 1.54) is 10.5 Å². The van der Waals surface area contributed by atoms with Crippen LogP contribution in [0.25, 0.3) is 0 Å². The molecule has 0 amide bonds. The Hall–Kier alpha value is -1.97. The average molecular weight is 363 g/mol. The Morgan fingerprint density at radius 1 is 1.09 bits per heavy atom. The van der Waals surface area contributed by atoms with E-state index in [9.17, 15) is 8.78 Å². The molecule has 22 heavy (non-hydrogen) atoms. The number of benzene rings is 2. The number of hydrogen-bond acceptors (Lipinski definition) is 1. The topological polar surface area (TPSA) is 17.8 Å². The SMILES string of the molecule is Fc1ccc(C(Cn2ccnc2)[Se]c2ccccc2)c(F)c1. The molecule has 0 aliphatic carbocycles. The molecule has 0 spiro atoms. The molecule has 1 atom stereocenters. The monoisotopic (exact) mass is 364 g/mol. The molecule has 0 saturated carbocycles.